The van der Waals surface area contributed by atoms with Crippen molar-refractivity contribution in [2.75, 3.05) is 24.2 Å². The normalized spacial score (nSPS) is 20.1. The Labute approximate surface area is 124 Å². The number of aromatic hydroxyl groups is 1. The van der Waals surface area contributed by atoms with Gasteiger partial charge in [0, 0.05) is 24.8 Å². The van der Waals surface area contributed by atoms with Gasteiger partial charge < -0.3 is 10.4 Å². The molecule has 1 heterocycles. The Morgan fingerprint density at radius 3 is 2.90 bits per heavy atom. The number of hydrogen-bond acceptors (Lipinski definition) is 4. The van der Waals surface area contributed by atoms with E-state index in [-0.39, 0.29) is 29.9 Å². The molecule has 1 amide bonds. The number of piperidine rings is 1. The Bertz CT molecular complexity index is 615. The fourth-order valence-corrected chi connectivity index (χ4v) is 3.60. The second-order valence-corrected chi connectivity index (χ2v) is 7.39. The number of sulfonamides is 1. The van der Waals surface area contributed by atoms with Crippen LogP contribution in [-0.2, 0) is 14.8 Å². The average Bonchev–Trinajstić information content (AvgIpc) is 2.47. The number of nitrogens with zero attached hydrogens (tertiary/aromatic N) is 1. The summed E-state index contributed by atoms with van der Waals surface area (Å²) in [6.07, 6.45) is 1.34. The number of hydrogen-bond donors (Lipinski definition) is 2. The van der Waals surface area contributed by atoms with E-state index in [4.69, 9.17) is 0 Å². The quantitative estimate of drug-likeness (QED) is 0.879. The van der Waals surface area contributed by atoms with Crippen LogP contribution in [0.3, 0.4) is 0 Å². The average molecular weight is 312 g/mol. The molecule has 0 unspecified atom stereocenters. The lowest BCUT2D eigenvalue weighted by Crippen LogP contribution is -2.44. The second kappa shape index (κ2) is 6.44. The molecule has 1 fully saturated rings. The van der Waals surface area contributed by atoms with Crippen molar-refractivity contribution in [3.05, 3.63) is 24.3 Å². The fourth-order valence-electron chi connectivity index (χ4n) is 2.42. The molecule has 1 aliphatic heterocycles. The van der Waals surface area contributed by atoms with Gasteiger partial charge in [0.25, 0.3) is 0 Å². The van der Waals surface area contributed by atoms with Gasteiger partial charge >= 0.3 is 0 Å². The van der Waals surface area contributed by atoms with Crippen molar-refractivity contribution >= 4 is 21.6 Å². The van der Waals surface area contributed by atoms with Crippen LogP contribution in [0.4, 0.5) is 5.69 Å². The zero-order valence-corrected chi connectivity index (χ0v) is 12.8. The first-order chi connectivity index (χ1) is 9.92. The maximum absolute atomic E-state index is 12.2. The van der Waals surface area contributed by atoms with E-state index in [1.807, 2.05) is 0 Å². The largest absolute Gasteiger partial charge is 0.508 e. The van der Waals surface area contributed by atoms with E-state index in [1.54, 1.807) is 19.1 Å². The lowest BCUT2D eigenvalue weighted by Gasteiger charge is -2.30. The third kappa shape index (κ3) is 3.95. The van der Waals surface area contributed by atoms with Gasteiger partial charge in [0.15, 0.2) is 0 Å². The highest BCUT2D eigenvalue weighted by Crippen LogP contribution is 2.22. The van der Waals surface area contributed by atoms with Gasteiger partial charge in [-0.2, -0.15) is 0 Å². The molecule has 0 aliphatic carbocycles. The second-order valence-electron chi connectivity index (χ2n) is 5.14. The summed E-state index contributed by atoms with van der Waals surface area (Å²) in [6.45, 7) is 2.30. The Hall–Kier alpha value is -1.60. The summed E-state index contributed by atoms with van der Waals surface area (Å²) < 4.78 is 25.2. The first-order valence-electron chi connectivity index (χ1n) is 7.00. The number of nitrogens with one attached hydrogen (secondary N) is 1. The zero-order chi connectivity index (χ0) is 15.5. The van der Waals surface area contributed by atoms with Gasteiger partial charge in [-0.15, -0.1) is 0 Å². The monoisotopic (exact) mass is 312 g/mol. The van der Waals surface area contributed by atoms with Gasteiger partial charge in [0.05, 0.1) is 11.7 Å². The highest BCUT2D eigenvalue weighted by Gasteiger charge is 2.31. The number of anilines is 1. The van der Waals surface area contributed by atoms with Crippen molar-refractivity contribution in [1.29, 1.82) is 0 Å². The summed E-state index contributed by atoms with van der Waals surface area (Å²) in [7, 11) is -3.25. The molecule has 7 heteroatoms. The SMILES string of the molecule is CCS(=O)(=O)N1CCC[C@H](C(=O)Nc2cccc(O)c2)C1. The van der Waals surface area contributed by atoms with Crippen LogP contribution in [0.2, 0.25) is 0 Å². The van der Waals surface area contributed by atoms with Gasteiger partial charge in [-0.3, -0.25) is 4.79 Å². The molecule has 1 saturated heterocycles. The number of carbonyl (C=O) groups is 1. The van der Waals surface area contributed by atoms with Crippen LogP contribution >= 0.6 is 0 Å². The summed E-state index contributed by atoms with van der Waals surface area (Å²) in [5.74, 6) is -0.445. The Balaban J connectivity index is 2.02. The maximum Gasteiger partial charge on any atom is 0.228 e. The molecule has 2 N–H and O–H groups in total. The van der Waals surface area contributed by atoms with Crippen LogP contribution in [0.15, 0.2) is 24.3 Å². The number of amides is 1. The van der Waals surface area contributed by atoms with Crippen LogP contribution in [0.1, 0.15) is 19.8 Å². The third-order valence-corrected chi connectivity index (χ3v) is 5.47. The smallest absolute Gasteiger partial charge is 0.228 e. The topological polar surface area (TPSA) is 86.7 Å². The molecule has 0 aromatic heterocycles. The van der Waals surface area contributed by atoms with E-state index in [9.17, 15) is 18.3 Å². The summed E-state index contributed by atoms with van der Waals surface area (Å²) in [4.78, 5) is 12.2. The van der Waals surface area contributed by atoms with E-state index in [2.05, 4.69) is 5.32 Å². The summed E-state index contributed by atoms with van der Waals surface area (Å²) >= 11 is 0. The van der Waals surface area contributed by atoms with E-state index in [1.165, 1.54) is 16.4 Å². The number of rotatable bonds is 4. The first kappa shape index (κ1) is 15.8. The molecule has 6 nitrogen and oxygen atoms in total. The Morgan fingerprint density at radius 2 is 2.24 bits per heavy atom. The molecule has 1 aromatic carbocycles. The molecule has 1 aliphatic rings. The van der Waals surface area contributed by atoms with Crippen LogP contribution < -0.4 is 5.32 Å². The lowest BCUT2D eigenvalue weighted by molar-refractivity contribution is -0.120. The van der Waals surface area contributed by atoms with Crippen LogP contribution in [0, 0.1) is 5.92 Å². The summed E-state index contributed by atoms with van der Waals surface area (Å²) in [5.41, 5.74) is 0.510. The number of carbonyl (C=O) groups excluding carboxylic acids is 1. The molecule has 0 radical (unpaired) electrons. The van der Waals surface area contributed by atoms with Crippen molar-refractivity contribution in [2.24, 2.45) is 5.92 Å². The highest BCUT2D eigenvalue weighted by atomic mass is 32.2. The zero-order valence-electron chi connectivity index (χ0n) is 11.9. The van der Waals surface area contributed by atoms with E-state index in [0.29, 0.717) is 25.1 Å². The predicted octanol–water partition coefficient (Wildman–Crippen LogP) is 1.39. The summed E-state index contributed by atoms with van der Waals surface area (Å²) in [6, 6.07) is 6.30. The molecule has 116 valence electrons. The van der Waals surface area contributed by atoms with Crippen molar-refractivity contribution in [3.8, 4) is 5.75 Å². The minimum absolute atomic E-state index is 0.0495. The Kier molecular flexibility index (Phi) is 4.84. The van der Waals surface area contributed by atoms with E-state index >= 15 is 0 Å². The molecular formula is C14H20N2O4S. The van der Waals surface area contributed by atoms with E-state index < -0.39 is 10.0 Å². The molecule has 0 bridgehead atoms. The lowest BCUT2D eigenvalue weighted by atomic mass is 9.98. The van der Waals surface area contributed by atoms with Gasteiger partial charge in [-0.05, 0) is 31.9 Å². The number of phenols is 1. The molecule has 1 atom stereocenters. The molecule has 0 saturated carbocycles. The van der Waals surface area contributed by atoms with Gasteiger partial charge in [0.2, 0.25) is 15.9 Å². The maximum atomic E-state index is 12.2. The van der Waals surface area contributed by atoms with Crippen LogP contribution in [0.25, 0.3) is 0 Å². The number of phenolic OH excluding ortho intramolecular Hbond substituents is 1. The Morgan fingerprint density at radius 1 is 1.48 bits per heavy atom. The van der Waals surface area contributed by atoms with Gasteiger partial charge in [0.1, 0.15) is 5.75 Å². The standard InChI is InChI=1S/C14H20N2O4S/c1-2-21(19,20)16-8-4-5-11(10-16)14(18)15-12-6-3-7-13(17)9-12/h3,6-7,9,11,17H,2,4-5,8,10H2,1H3,(H,15,18)/t11-/m0/s1. The van der Waals surface area contributed by atoms with E-state index in [0.717, 1.165) is 0 Å². The minimum Gasteiger partial charge on any atom is -0.508 e. The van der Waals surface area contributed by atoms with Gasteiger partial charge in [-0.25, -0.2) is 12.7 Å². The highest BCUT2D eigenvalue weighted by molar-refractivity contribution is 7.89. The van der Waals surface area contributed by atoms with Crippen molar-refractivity contribution in [1.82, 2.24) is 4.31 Å². The predicted molar refractivity (Wildman–Crippen MR) is 80.5 cm³/mol. The third-order valence-electron chi connectivity index (χ3n) is 3.63. The van der Waals surface area contributed by atoms with Crippen molar-refractivity contribution in [2.45, 2.75) is 19.8 Å². The molecule has 0 spiro atoms. The van der Waals surface area contributed by atoms with Crippen LogP contribution in [-0.4, -0.2) is 42.6 Å². The van der Waals surface area contributed by atoms with Crippen LogP contribution in [0.5, 0.6) is 5.75 Å². The summed E-state index contributed by atoms with van der Waals surface area (Å²) in [5, 5.41) is 12.1. The fraction of sp³-hybridized carbons (Fsp3) is 0.500. The molecule has 21 heavy (non-hydrogen) atoms. The molecule has 2 rings (SSSR count). The molecule has 1 aromatic rings. The number of benzene rings is 1. The minimum atomic E-state index is -3.25. The molecular weight excluding hydrogens is 292 g/mol. The first-order valence-corrected chi connectivity index (χ1v) is 8.61. The van der Waals surface area contributed by atoms with Crippen molar-refractivity contribution < 1.29 is 18.3 Å². The van der Waals surface area contributed by atoms with Crippen molar-refractivity contribution in [3.63, 3.8) is 0 Å². The van der Waals surface area contributed by atoms with Gasteiger partial charge in [-0.1, -0.05) is 6.07 Å².